The van der Waals surface area contributed by atoms with Crippen LogP contribution < -0.4 is 0 Å². The Labute approximate surface area is 57.5 Å². The van der Waals surface area contributed by atoms with Crippen LogP contribution in [0.2, 0.25) is 0 Å². The first-order valence-electron chi connectivity index (χ1n) is 1.97. The summed E-state index contributed by atoms with van der Waals surface area (Å²) in [6.45, 7) is 5.65. The van der Waals surface area contributed by atoms with E-state index in [2.05, 4.69) is 6.07 Å². The minimum Gasteiger partial charge on any atom is -0.198 e. The first-order chi connectivity index (χ1) is 2.56. The van der Waals surface area contributed by atoms with Crippen LogP contribution in [0.1, 0.15) is 20.8 Å². The summed E-state index contributed by atoms with van der Waals surface area (Å²) in [4.78, 5) is 0. The zero-order chi connectivity index (χ0) is 5.21. The van der Waals surface area contributed by atoms with Crippen LogP contribution in [0.25, 0.3) is 0 Å². The monoisotopic (exact) mass is 147 g/mol. The summed E-state index contributed by atoms with van der Waals surface area (Å²) in [5.74, 6) is 0. The molecule has 0 atom stereocenters. The van der Waals surface area contributed by atoms with Crippen molar-refractivity contribution in [1.29, 1.82) is 5.26 Å². The molecular weight excluding hydrogens is 139 g/mol. The SMILES string of the molecule is CC(C)(C)C#N.[Zn]. The van der Waals surface area contributed by atoms with Gasteiger partial charge in [-0.2, -0.15) is 5.26 Å². The predicted octanol–water partition coefficient (Wildman–Crippen LogP) is 1.55. The van der Waals surface area contributed by atoms with Crippen molar-refractivity contribution in [3.63, 3.8) is 0 Å². The Hall–Kier alpha value is 0.113. The van der Waals surface area contributed by atoms with Crippen LogP contribution in [-0.4, -0.2) is 0 Å². The maximum Gasteiger partial charge on any atom is 0.0680 e. The molecule has 36 valence electrons. The number of nitrogens with zero attached hydrogens (tertiary/aromatic N) is 1. The molecule has 0 saturated heterocycles. The molecule has 0 spiro atoms. The van der Waals surface area contributed by atoms with Crippen LogP contribution >= 0.6 is 0 Å². The van der Waals surface area contributed by atoms with Gasteiger partial charge in [-0.1, -0.05) is 0 Å². The Morgan fingerprint density at radius 1 is 1.29 bits per heavy atom. The summed E-state index contributed by atoms with van der Waals surface area (Å²) in [5, 5.41) is 8.15. The van der Waals surface area contributed by atoms with E-state index in [0.29, 0.717) is 0 Å². The fourth-order valence-corrected chi connectivity index (χ4v) is 0. The van der Waals surface area contributed by atoms with Crippen molar-refractivity contribution in [1.82, 2.24) is 0 Å². The van der Waals surface area contributed by atoms with E-state index in [0.717, 1.165) is 0 Å². The summed E-state index contributed by atoms with van der Waals surface area (Å²) in [6, 6.07) is 2.10. The summed E-state index contributed by atoms with van der Waals surface area (Å²) >= 11 is 0. The van der Waals surface area contributed by atoms with Gasteiger partial charge in [0.05, 0.1) is 6.07 Å². The number of hydrogen-bond donors (Lipinski definition) is 0. The molecule has 7 heavy (non-hydrogen) atoms. The standard InChI is InChI=1S/C5H9N.Zn/c1-5(2,3)4-6;/h1-3H3;. The predicted molar refractivity (Wildman–Crippen MR) is 25.1 cm³/mol. The Bertz CT molecular complexity index is 75.1. The quantitative estimate of drug-likeness (QED) is 0.478. The van der Waals surface area contributed by atoms with Gasteiger partial charge >= 0.3 is 0 Å². The minimum absolute atomic E-state index is 0. The van der Waals surface area contributed by atoms with Gasteiger partial charge < -0.3 is 0 Å². The van der Waals surface area contributed by atoms with E-state index in [1.807, 2.05) is 20.8 Å². The minimum atomic E-state index is -0.153. The number of rotatable bonds is 0. The van der Waals surface area contributed by atoms with Gasteiger partial charge in [0.2, 0.25) is 0 Å². The maximum absolute atomic E-state index is 8.15. The van der Waals surface area contributed by atoms with Crippen molar-refractivity contribution < 1.29 is 19.5 Å². The van der Waals surface area contributed by atoms with Crippen molar-refractivity contribution in [2.75, 3.05) is 0 Å². The molecule has 0 radical (unpaired) electrons. The van der Waals surface area contributed by atoms with Gasteiger partial charge in [-0.25, -0.2) is 0 Å². The Morgan fingerprint density at radius 2 is 1.43 bits per heavy atom. The molecule has 1 nitrogen and oxygen atoms in total. The molecule has 0 N–H and O–H groups in total. The third-order valence-corrected chi connectivity index (χ3v) is 0.335. The van der Waals surface area contributed by atoms with Crippen molar-refractivity contribution in [3.05, 3.63) is 0 Å². The fourth-order valence-electron chi connectivity index (χ4n) is 0. The molecule has 0 fully saturated rings. The Kier molecular flexibility index (Phi) is 4.59. The molecule has 0 aliphatic rings. The van der Waals surface area contributed by atoms with Gasteiger partial charge in [-0.05, 0) is 20.8 Å². The van der Waals surface area contributed by atoms with E-state index in [1.165, 1.54) is 0 Å². The first-order valence-corrected chi connectivity index (χ1v) is 1.97. The summed E-state index contributed by atoms with van der Waals surface area (Å²) in [5.41, 5.74) is -0.153. The van der Waals surface area contributed by atoms with Crippen LogP contribution in [0.15, 0.2) is 0 Å². The van der Waals surface area contributed by atoms with Crippen molar-refractivity contribution in [2.45, 2.75) is 20.8 Å². The van der Waals surface area contributed by atoms with E-state index in [1.54, 1.807) is 0 Å². The van der Waals surface area contributed by atoms with Crippen molar-refractivity contribution in [3.8, 4) is 6.07 Å². The first kappa shape index (κ1) is 10.2. The van der Waals surface area contributed by atoms with Crippen LogP contribution in [-0.2, 0) is 19.5 Å². The van der Waals surface area contributed by atoms with E-state index in [-0.39, 0.29) is 24.9 Å². The van der Waals surface area contributed by atoms with Crippen LogP contribution in [0.5, 0.6) is 0 Å². The molecular formula is C5H9NZn. The van der Waals surface area contributed by atoms with Crippen molar-refractivity contribution in [2.24, 2.45) is 5.41 Å². The molecule has 0 rings (SSSR count). The molecule has 0 bridgehead atoms. The zero-order valence-corrected chi connectivity index (χ0v) is 8.12. The molecule has 0 aliphatic carbocycles. The van der Waals surface area contributed by atoms with Gasteiger partial charge in [0.1, 0.15) is 0 Å². The van der Waals surface area contributed by atoms with Crippen LogP contribution in [0.4, 0.5) is 0 Å². The summed E-state index contributed by atoms with van der Waals surface area (Å²) in [6.07, 6.45) is 0. The second-order valence-electron chi connectivity index (χ2n) is 2.36. The molecule has 0 amide bonds. The third-order valence-electron chi connectivity index (χ3n) is 0.335. The van der Waals surface area contributed by atoms with Gasteiger partial charge in [0.25, 0.3) is 0 Å². The molecule has 0 aromatic carbocycles. The average Bonchev–Trinajstić information content (AvgIpc) is 1.35. The second kappa shape index (κ2) is 3.16. The largest absolute Gasteiger partial charge is 0.198 e. The number of hydrogen-bond acceptors (Lipinski definition) is 1. The van der Waals surface area contributed by atoms with E-state index < -0.39 is 0 Å². The van der Waals surface area contributed by atoms with Gasteiger partial charge in [0, 0.05) is 24.9 Å². The van der Waals surface area contributed by atoms with Crippen LogP contribution in [0, 0.1) is 16.7 Å². The van der Waals surface area contributed by atoms with E-state index in [9.17, 15) is 0 Å². The van der Waals surface area contributed by atoms with Gasteiger partial charge in [-0.15, -0.1) is 0 Å². The molecule has 0 heterocycles. The molecule has 0 saturated carbocycles. The maximum atomic E-state index is 8.15. The van der Waals surface area contributed by atoms with E-state index >= 15 is 0 Å². The Morgan fingerprint density at radius 3 is 1.43 bits per heavy atom. The smallest absolute Gasteiger partial charge is 0.0680 e. The molecule has 0 aromatic heterocycles. The van der Waals surface area contributed by atoms with Gasteiger partial charge in [0.15, 0.2) is 0 Å². The topological polar surface area (TPSA) is 23.8 Å². The van der Waals surface area contributed by atoms with Crippen LogP contribution in [0.3, 0.4) is 0 Å². The Balaban J connectivity index is 0. The second-order valence-corrected chi connectivity index (χ2v) is 2.36. The molecule has 0 aliphatic heterocycles. The number of nitriles is 1. The average molecular weight is 149 g/mol. The third kappa shape index (κ3) is 10.7. The summed E-state index contributed by atoms with van der Waals surface area (Å²) in [7, 11) is 0. The summed E-state index contributed by atoms with van der Waals surface area (Å²) < 4.78 is 0. The molecule has 0 aromatic rings. The molecule has 0 unspecified atom stereocenters. The zero-order valence-electron chi connectivity index (χ0n) is 5.15. The van der Waals surface area contributed by atoms with Gasteiger partial charge in [-0.3, -0.25) is 0 Å². The van der Waals surface area contributed by atoms with Crippen molar-refractivity contribution >= 4 is 0 Å². The fraction of sp³-hybridized carbons (Fsp3) is 0.800. The van der Waals surface area contributed by atoms with E-state index in [4.69, 9.17) is 5.26 Å². The normalized spacial score (nSPS) is 8.86. The molecule has 2 heteroatoms.